The van der Waals surface area contributed by atoms with Crippen LogP contribution in [0.3, 0.4) is 0 Å². The standard InChI is InChI=1S/C12H14FN/c1-7(2)11-8(3)4-5-9-10(13)6-14-12(9)11/h4-7,14H,1-3H3. The monoisotopic (exact) mass is 191 g/mol. The average Bonchev–Trinajstić information content (AvgIpc) is 2.47. The van der Waals surface area contributed by atoms with Gasteiger partial charge in [-0.25, -0.2) is 4.39 Å². The molecular formula is C12H14FN. The molecule has 1 heterocycles. The predicted molar refractivity (Wildman–Crippen MR) is 57.1 cm³/mol. The number of fused-ring (bicyclic) bond motifs is 1. The number of aromatic amines is 1. The number of aryl methyl sites for hydroxylation is 1. The summed E-state index contributed by atoms with van der Waals surface area (Å²) >= 11 is 0. The lowest BCUT2D eigenvalue weighted by molar-refractivity contribution is 0.639. The first-order chi connectivity index (χ1) is 6.61. The number of nitrogens with one attached hydrogen (secondary N) is 1. The molecule has 0 atom stereocenters. The van der Waals surface area contributed by atoms with Gasteiger partial charge in [0.05, 0.1) is 5.52 Å². The highest BCUT2D eigenvalue weighted by molar-refractivity contribution is 5.84. The summed E-state index contributed by atoms with van der Waals surface area (Å²) in [6.45, 7) is 6.31. The van der Waals surface area contributed by atoms with E-state index >= 15 is 0 Å². The maximum atomic E-state index is 13.3. The van der Waals surface area contributed by atoms with E-state index in [0.29, 0.717) is 11.3 Å². The molecule has 0 aliphatic rings. The van der Waals surface area contributed by atoms with Gasteiger partial charge in [-0.3, -0.25) is 0 Å². The van der Waals surface area contributed by atoms with Crippen molar-refractivity contribution in [3.05, 3.63) is 35.3 Å². The van der Waals surface area contributed by atoms with Crippen LogP contribution in [0.15, 0.2) is 18.3 Å². The number of hydrogen-bond acceptors (Lipinski definition) is 0. The highest BCUT2D eigenvalue weighted by Crippen LogP contribution is 2.28. The van der Waals surface area contributed by atoms with Crippen LogP contribution in [0.5, 0.6) is 0 Å². The third-order valence-electron chi connectivity index (χ3n) is 2.64. The molecule has 74 valence electrons. The Morgan fingerprint density at radius 2 is 2.00 bits per heavy atom. The lowest BCUT2D eigenvalue weighted by Gasteiger charge is -2.10. The van der Waals surface area contributed by atoms with Crippen molar-refractivity contribution in [3.63, 3.8) is 0 Å². The second kappa shape index (κ2) is 3.12. The van der Waals surface area contributed by atoms with Gasteiger partial charge in [-0.05, 0) is 30.0 Å². The van der Waals surface area contributed by atoms with Crippen molar-refractivity contribution < 1.29 is 4.39 Å². The summed E-state index contributed by atoms with van der Waals surface area (Å²) in [7, 11) is 0. The van der Waals surface area contributed by atoms with Crippen LogP contribution in [-0.4, -0.2) is 4.98 Å². The number of hydrogen-bond donors (Lipinski definition) is 1. The van der Waals surface area contributed by atoms with E-state index in [1.165, 1.54) is 17.3 Å². The number of benzene rings is 1. The molecular weight excluding hydrogens is 177 g/mol. The smallest absolute Gasteiger partial charge is 0.148 e. The minimum atomic E-state index is -0.165. The van der Waals surface area contributed by atoms with Crippen LogP contribution in [0.1, 0.15) is 30.9 Å². The fourth-order valence-corrected chi connectivity index (χ4v) is 2.04. The van der Waals surface area contributed by atoms with Gasteiger partial charge in [0.1, 0.15) is 5.82 Å². The number of H-pyrrole nitrogens is 1. The molecule has 14 heavy (non-hydrogen) atoms. The Bertz CT molecular complexity index is 468. The van der Waals surface area contributed by atoms with Crippen LogP contribution in [0.2, 0.25) is 0 Å². The molecule has 0 spiro atoms. The normalized spacial score (nSPS) is 11.5. The first-order valence-corrected chi connectivity index (χ1v) is 4.87. The van der Waals surface area contributed by atoms with E-state index in [9.17, 15) is 4.39 Å². The maximum Gasteiger partial charge on any atom is 0.148 e. The summed E-state index contributed by atoms with van der Waals surface area (Å²) in [5, 5.41) is 0.694. The zero-order valence-electron chi connectivity index (χ0n) is 8.69. The minimum absolute atomic E-state index is 0.165. The highest BCUT2D eigenvalue weighted by atomic mass is 19.1. The van der Waals surface area contributed by atoms with Crippen molar-refractivity contribution in [3.8, 4) is 0 Å². The molecule has 2 aromatic rings. The second-order valence-corrected chi connectivity index (χ2v) is 4.01. The largest absolute Gasteiger partial charge is 0.358 e. The third-order valence-corrected chi connectivity index (χ3v) is 2.64. The molecule has 1 aromatic carbocycles. The van der Waals surface area contributed by atoms with Gasteiger partial charge in [0, 0.05) is 11.6 Å². The molecule has 1 aromatic heterocycles. The summed E-state index contributed by atoms with van der Waals surface area (Å²) < 4.78 is 13.3. The fraction of sp³-hybridized carbons (Fsp3) is 0.333. The van der Waals surface area contributed by atoms with Crippen molar-refractivity contribution in [2.75, 3.05) is 0 Å². The third kappa shape index (κ3) is 1.22. The molecule has 0 radical (unpaired) electrons. The van der Waals surface area contributed by atoms with Crippen molar-refractivity contribution in [2.45, 2.75) is 26.7 Å². The van der Waals surface area contributed by atoms with Gasteiger partial charge in [0.25, 0.3) is 0 Å². The number of aromatic nitrogens is 1. The Kier molecular flexibility index (Phi) is 2.06. The van der Waals surface area contributed by atoms with E-state index in [-0.39, 0.29) is 5.82 Å². The lowest BCUT2D eigenvalue weighted by Crippen LogP contribution is -1.93. The molecule has 2 rings (SSSR count). The first kappa shape index (κ1) is 9.25. The van der Waals surface area contributed by atoms with Gasteiger partial charge in [-0.15, -0.1) is 0 Å². The van der Waals surface area contributed by atoms with Gasteiger partial charge in [0.2, 0.25) is 0 Å². The van der Waals surface area contributed by atoms with E-state index in [1.807, 2.05) is 12.1 Å². The molecule has 0 saturated carbocycles. The van der Waals surface area contributed by atoms with Crippen molar-refractivity contribution in [2.24, 2.45) is 0 Å². The number of halogens is 1. The Morgan fingerprint density at radius 3 is 2.64 bits per heavy atom. The zero-order valence-corrected chi connectivity index (χ0v) is 8.69. The number of rotatable bonds is 1. The Balaban J connectivity index is 2.83. The molecule has 2 heteroatoms. The van der Waals surface area contributed by atoms with E-state index in [2.05, 4.69) is 25.8 Å². The minimum Gasteiger partial charge on any atom is -0.358 e. The Labute approximate surface area is 82.9 Å². The first-order valence-electron chi connectivity index (χ1n) is 4.87. The summed E-state index contributed by atoms with van der Waals surface area (Å²) in [6, 6.07) is 3.82. The van der Waals surface area contributed by atoms with Crippen molar-refractivity contribution in [1.29, 1.82) is 0 Å². The van der Waals surface area contributed by atoms with Crippen LogP contribution in [0, 0.1) is 12.7 Å². The van der Waals surface area contributed by atoms with Gasteiger partial charge in [-0.1, -0.05) is 19.9 Å². The summed E-state index contributed by atoms with van der Waals surface area (Å²) in [6.07, 6.45) is 1.43. The maximum absolute atomic E-state index is 13.3. The quantitative estimate of drug-likeness (QED) is 0.706. The van der Waals surface area contributed by atoms with Crippen molar-refractivity contribution in [1.82, 2.24) is 4.98 Å². The molecule has 1 nitrogen and oxygen atoms in total. The van der Waals surface area contributed by atoms with Crippen LogP contribution in [0.25, 0.3) is 10.9 Å². The van der Waals surface area contributed by atoms with Crippen LogP contribution < -0.4 is 0 Å². The summed E-state index contributed by atoms with van der Waals surface area (Å²) in [4.78, 5) is 3.00. The molecule has 0 bridgehead atoms. The van der Waals surface area contributed by atoms with Gasteiger partial charge in [-0.2, -0.15) is 0 Å². The Hall–Kier alpha value is -1.31. The van der Waals surface area contributed by atoms with E-state index in [4.69, 9.17) is 0 Å². The molecule has 0 fully saturated rings. The highest BCUT2D eigenvalue weighted by Gasteiger charge is 2.11. The van der Waals surface area contributed by atoms with Gasteiger partial charge in [0.15, 0.2) is 0 Å². The average molecular weight is 191 g/mol. The Morgan fingerprint density at radius 1 is 1.29 bits per heavy atom. The van der Waals surface area contributed by atoms with Crippen LogP contribution in [-0.2, 0) is 0 Å². The summed E-state index contributed by atoms with van der Waals surface area (Å²) in [5.41, 5.74) is 3.37. The SMILES string of the molecule is Cc1ccc2c(F)c[nH]c2c1C(C)C. The summed E-state index contributed by atoms with van der Waals surface area (Å²) in [5.74, 6) is 0.249. The van der Waals surface area contributed by atoms with Crippen LogP contribution in [0.4, 0.5) is 4.39 Å². The van der Waals surface area contributed by atoms with Crippen LogP contribution >= 0.6 is 0 Å². The predicted octanol–water partition coefficient (Wildman–Crippen LogP) is 3.74. The zero-order chi connectivity index (χ0) is 10.3. The molecule has 0 saturated heterocycles. The van der Waals surface area contributed by atoms with E-state index < -0.39 is 0 Å². The van der Waals surface area contributed by atoms with Crippen molar-refractivity contribution >= 4 is 10.9 Å². The molecule has 0 unspecified atom stereocenters. The lowest BCUT2D eigenvalue weighted by atomic mass is 9.96. The van der Waals surface area contributed by atoms with E-state index in [1.54, 1.807) is 0 Å². The topological polar surface area (TPSA) is 15.8 Å². The molecule has 0 aliphatic carbocycles. The van der Waals surface area contributed by atoms with Gasteiger partial charge < -0.3 is 4.98 Å². The molecule has 0 amide bonds. The van der Waals surface area contributed by atoms with E-state index in [0.717, 1.165) is 5.52 Å². The fourth-order valence-electron chi connectivity index (χ4n) is 2.04. The molecule has 0 aliphatic heterocycles. The second-order valence-electron chi connectivity index (χ2n) is 4.01. The molecule has 1 N–H and O–H groups in total. The van der Waals surface area contributed by atoms with Gasteiger partial charge >= 0.3 is 0 Å².